The lowest BCUT2D eigenvalue weighted by atomic mass is 9.85. The number of nitrogens with one attached hydrogen (secondary N) is 1. The van der Waals surface area contributed by atoms with Crippen LogP contribution in [-0.4, -0.2) is 28.4 Å². The zero-order valence-corrected chi connectivity index (χ0v) is 13.5. The van der Waals surface area contributed by atoms with Crippen molar-refractivity contribution in [3.8, 4) is 5.75 Å². The molecule has 0 unspecified atom stereocenters. The number of phenols is 1. The van der Waals surface area contributed by atoms with E-state index in [9.17, 15) is 5.11 Å². The number of benzene rings is 1. The fourth-order valence-corrected chi connectivity index (χ4v) is 3.32. The van der Waals surface area contributed by atoms with Gasteiger partial charge in [0.15, 0.2) is 0 Å². The van der Waals surface area contributed by atoms with E-state index in [-0.39, 0.29) is 11.8 Å². The lowest BCUT2D eigenvalue weighted by molar-refractivity contribution is 0.336. The van der Waals surface area contributed by atoms with Crippen LogP contribution in [0.4, 0.5) is 5.82 Å². The van der Waals surface area contributed by atoms with Crippen molar-refractivity contribution in [3.05, 3.63) is 40.0 Å². The smallest absolute Gasteiger partial charge is 0.150 e. The predicted molar refractivity (Wildman–Crippen MR) is 88.6 cm³/mol. The molecule has 1 aromatic heterocycles. The molecule has 1 atom stereocenters. The Morgan fingerprint density at radius 1 is 1.27 bits per heavy atom. The highest BCUT2D eigenvalue weighted by Crippen LogP contribution is 2.38. The third-order valence-corrected chi connectivity index (χ3v) is 5.01. The van der Waals surface area contributed by atoms with Gasteiger partial charge in [-0.25, -0.2) is 0 Å². The number of H-pyrrole nitrogens is 1. The van der Waals surface area contributed by atoms with Gasteiger partial charge in [0.2, 0.25) is 0 Å². The van der Waals surface area contributed by atoms with Crippen LogP contribution in [-0.2, 0) is 0 Å². The first-order valence-corrected chi connectivity index (χ1v) is 8.00. The second-order valence-corrected chi connectivity index (χ2v) is 6.42. The third-order valence-electron chi connectivity index (χ3n) is 4.29. The van der Waals surface area contributed by atoms with Crippen LogP contribution in [0, 0.1) is 5.92 Å². The van der Waals surface area contributed by atoms with Gasteiger partial charge >= 0.3 is 0 Å². The van der Waals surface area contributed by atoms with Gasteiger partial charge in [-0.15, -0.1) is 0 Å². The molecule has 22 heavy (non-hydrogen) atoms. The Bertz CT molecular complexity index is 639. The number of aromatic hydroxyl groups is 1. The molecule has 4 N–H and O–H groups in total. The molecule has 7 heteroatoms. The van der Waals surface area contributed by atoms with E-state index in [4.69, 9.17) is 28.9 Å². The largest absolute Gasteiger partial charge is 0.508 e. The van der Waals surface area contributed by atoms with Crippen molar-refractivity contribution >= 4 is 29.0 Å². The standard InChI is InChI=1S/C15H18Cl2N4O/c16-11-7-10(13(22)8-12(11)17)15(18)9-2-5-21(6-3-9)14-1-4-19-20-14/h1,4,7-9,15,22H,2-3,5-6,18H2,(H,19,20)/t15-/m1/s1. The minimum Gasteiger partial charge on any atom is -0.508 e. The number of nitrogens with two attached hydrogens (primary N) is 1. The molecule has 3 rings (SSSR count). The number of nitrogens with zero attached hydrogens (tertiary/aromatic N) is 2. The van der Waals surface area contributed by atoms with Gasteiger partial charge in [0.25, 0.3) is 0 Å². The number of aromatic amines is 1. The molecule has 2 aromatic rings. The normalized spacial score (nSPS) is 17.7. The number of phenolic OH excluding ortho intramolecular Hbond substituents is 1. The van der Waals surface area contributed by atoms with E-state index in [2.05, 4.69) is 15.1 Å². The molecule has 2 heterocycles. The molecular weight excluding hydrogens is 323 g/mol. The van der Waals surface area contributed by atoms with Crippen molar-refractivity contribution in [1.82, 2.24) is 10.2 Å². The quantitative estimate of drug-likeness (QED) is 0.800. The second-order valence-electron chi connectivity index (χ2n) is 5.61. The van der Waals surface area contributed by atoms with Crippen molar-refractivity contribution in [2.45, 2.75) is 18.9 Å². The van der Waals surface area contributed by atoms with E-state index >= 15 is 0 Å². The van der Waals surface area contributed by atoms with Crippen molar-refractivity contribution in [3.63, 3.8) is 0 Å². The van der Waals surface area contributed by atoms with E-state index in [0.717, 1.165) is 31.7 Å². The number of rotatable bonds is 3. The molecule has 0 bridgehead atoms. The number of hydrogen-bond acceptors (Lipinski definition) is 4. The summed E-state index contributed by atoms with van der Waals surface area (Å²) in [5.41, 5.74) is 7.01. The number of aromatic nitrogens is 2. The van der Waals surface area contributed by atoms with E-state index in [1.165, 1.54) is 6.07 Å². The highest BCUT2D eigenvalue weighted by Gasteiger charge is 2.28. The molecule has 0 spiro atoms. The molecule has 0 amide bonds. The lowest BCUT2D eigenvalue weighted by Gasteiger charge is -2.35. The summed E-state index contributed by atoms with van der Waals surface area (Å²) in [6.45, 7) is 1.79. The maximum absolute atomic E-state index is 10.1. The maximum atomic E-state index is 10.1. The van der Waals surface area contributed by atoms with Gasteiger partial charge < -0.3 is 15.7 Å². The fourth-order valence-electron chi connectivity index (χ4n) is 2.99. The Hall–Kier alpha value is -1.43. The maximum Gasteiger partial charge on any atom is 0.150 e. The summed E-state index contributed by atoms with van der Waals surface area (Å²) in [6.07, 6.45) is 3.70. The Kier molecular flexibility index (Phi) is 4.47. The Balaban J connectivity index is 1.69. The summed E-state index contributed by atoms with van der Waals surface area (Å²) in [5, 5.41) is 17.9. The highest BCUT2D eigenvalue weighted by molar-refractivity contribution is 6.42. The van der Waals surface area contributed by atoms with Crippen LogP contribution in [0.15, 0.2) is 24.4 Å². The van der Waals surface area contributed by atoms with E-state index in [0.29, 0.717) is 21.5 Å². The Labute approximate surface area is 139 Å². The van der Waals surface area contributed by atoms with E-state index < -0.39 is 0 Å². The van der Waals surface area contributed by atoms with Gasteiger partial charge in [-0.3, -0.25) is 5.10 Å². The van der Waals surface area contributed by atoms with Crippen LogP contribution >= 0.6 is 23.2 Å². The molecule has 1 fully saturated rings. The average molecular weight is 341 g/mol. The summed E-state index contributed by atoms with van der Waals surface area (Å²) in [4.78, 5) is 2.23. The lowest BCUT2D eigenvalue weighted by Crippen LogP contribution is -2.37. The number of halogens is 2. The van der Waals surface area contributed by atoms with Gasteiger partial charge in [-0.2, -0.15) is 5.10 Å². The van der Waals surface area contributed by atoms with Crippen molar-refractivity contribution in [1.29, 1.82) is 0 Å². The monoisotopic (exact) mass is 340 g/mol. The van der Waals surface area contributed by atoms with Gasteiger partial charge in [-0.1, -0.05) is 23.2 Å². The molecule has 5 nitrogen and oxygen atoms in total. The Morgan fingerprint density at radius 3 is 2.59 bits per heavy atom. The summed E-state index contributed by atoms with van der Waals surface area (Å²) < 4.78 is 0. The molecule has 0 radical (unpaired) electrons. The average Bonchev–Trinajstić information content (AvgIpc) is 3.05. The number of piperidine rings is 1. The van der Waals surface area contributed by atoms with Crippen LogP contribution < -0.4 is 10.6 Å². The highest BCUT2D eigenvalue weighted by atomic mass is 35.5. The van der Waals surface area contributed by atoms with Crippen LogP contribution in [0.5, 0.6) is 5.75 Å². The minimum absolute atomic E-state index is 0.108. The van der Waals surface area contributed by atoms with Gasteiger partial charge in [-0.05, 0) is 24.8 Å². The van der Waals surface area contributed by atoms with Gasteiger partial charge in [0.05, 0.1) is 10.0 Å². The summed E-state index contributed by atoms with van der Waals surface area (Å²) in [7, 11) is 0. The molecule has 0 aliphatic carbocycles. The van der Waals surface area contributed by atoms with E-state index in [1.54, 1.807) is 6.07 Å². The van der Waals surface area contributed by atoms with Crippen molar-refractivity contribution in [2.75, 3.05) is 18.0 Å². The minimum atomic E-state index is -0.254. The van der Waals surface area contributed by atoms with Crippen molar-refractivity contribution in [2.24, 2.45) is 11.7 Å². The number of hydrogen-bond donors (Lipinski definition) is 3. The molecule has 0 saturated carbocycles. The number of anilines is 1. The molecule has 1 saturated heterocycles. The third kappa shape index (κ3) is 3.02. The molecular formula is C15H18Cl2N4O. The zero-order chi connectivity index (χ0) is 15.7. The molecule has 1 aliphatic rings. The SMILES string of the molecule is N[C@@H](c1cc(Cl)c(Cl)cc1O)C1CCN(c2cc[nH]n2)CC1. The first-order chi connectivity index (χ1) is 10.6. The van der Waals surface area contributed by atoms with Crippen LogP contribution in [0.25, 0.3) is 0 Å². The predicted octanol–water partition coefficient (Wildman–Crippen LogP) is 3.34. The topological polar surface area (TPSA) is 78.2 Å². The fraction of sp³-hybridized carbons (Fsp3) is 0.400. The molecule has 118 valence electrons. The molecule has 1 aromatic carbocycles. The molecule has 1 aliphatic heterocycles. The van der Waals surface area contributed by atoms with Crippen LogP contribution in [0.1, 0.15) is 24.4 Å². The van der Waals surface area contributed by atoms with Crippen LogP contribution in [0.2, 0.25) is 10.0 Å². The van der Waals surface area contributed by atoms with Crippen LogP contribution in [0.3, 0.4) is 0 Å². The first kappa shape index (κ1) is 15.5. The summed E-state index contributed by atoms with van der Waals surface area (Å²) in [6, 6.07) is 4.84. The first-order valence-electron chi connectivity index (χ1n) is 7.24. The summed E-state index contributed by atoms with van der Waals surface area (Å²) in [5.74, 6) is 1.36. The van der Waals surface area contributed by atoms with E-state index in [1.807, 2.05) is 12.3 Å². The van der Waals surface area contributed by atoms with Gasteiger partial charge in [0.1, 0.15) is 11.6 Å². The second kappa shape index (κ2) is 6.36. The van der Waals surface area contributed by atoms with Gasteiger partial charge in [0, 0.05) is 43.0 Å². The van der Waals surface area contributed by atoms with Crippen molar-refractivity contribution < 1.29 is 5.11 Å². The summed E-state index contributed by atoms with van der Waals surface area (Å²) >= 11 is 11.9. The zero-order valence-electron chi connectivity index (χ0n) is 12.0. The Morgan fingerprint density at radius 2 is 1.95 bits per heavy atom.